The van der Waals surface area contributed by atoms with Gasteiger partial charge >= 0.3 is 6.03 Å². The molecule has 3 heterocycles. The molecule has 2 aliphatic heterocycles. The molecule has 4 rings (SSSR count). The van der Waals surface area contributed by atoms with Gasteiger partial charge in [0.1, 0.15) is 5.75 Å². The number of rotatable bonds is 3. The zero-order valence-corrected chi connectivity index (χ0v) is 17.1. The van der Waals surface area contributed by atoms with Crippen LogP contribution < -0.4 is 10.1 Å². The molecular weight excluding hydrogens is 396 g/mol. The van der Waals surface area contributed by atoms with Crippen molar-refractivity contribution in [2.75, 3.05) is 19.5 Å². The monoisotopic (exact) mass is 414 g/mol. The predicted octanol–water partition coefficient (Wildman–Crippen LogP) is 2.60. The van der Waals surface area contributed by atoms with Gasteiger partial charge in [-0.15, -0.1) is 0 Å². The zero-order valence-electron chi connectivity index (χ0n) is 16.4. The summed E-state index contributed by atoms with van der Waals surface area (Å²) in [6, 6.07) is 4.19. The Morgan fingerprint density at radius 3 is 2.66 bits per heavy atom. The Bertz CT molecular complexity index is 1090. The maximum Gasteiger partial charge on any atom is 0.328 e. The molecule has 0 aliphatic carbocycles. The molecule has 1 spiro atoms. The van der Waals surface area contributed by atoms with E-state index in [0.29, 0.717) is 27.7 Å². The molecule has 0 saturated carbocycles. The SMILES string of the molecule is COc1c(C)cnc(CN2C(=O)N(C)C3(C(=O)Nc4ccc(Cl)cc43)C2=O)c1C. The lowest BCUT2D eigenvalue weighted by Gasteiger charge is -2.26. The molecule has 0 bridgehead atoms. The minimum Gasteiger partial charge on any atom is -0.496 e. The van der Waals surface area contributed by atoms with Crippen LogP contribution >= 0.6 is 11.6 Å². The van der Waals surface area contributed by atoms with Gasteiger partial charge < -0.3 is 15.0 Å². The molecule has 1 unspecified atom stereocenters. The molecule has 150 valence electrons. The highest BCUT2D eigenvalue weighted by atomic mass is 35.5. The minimum atomic E-state index is -1.78. The van der Waals surface area contributed by atoms with Crippen LogP contribution in [0.5, 0.6) is 5.75 Å². The average Bonchev–Trinajstić information content (AvgIpc) is 3.07. The van der Waals surface area contributed by atoms with Gasteiger partial charge in [-0.25, -0.2) is 4.79 Å². The lowest BCUT2D eigenvalue weighted by Crippen LogP contribution is -2.50. The summed E-state index contributed by atoms with van der Waals surface area (Å²) in [6.45, 7) is 3.60. The second-order valence-electron chi connectivity index (χ2n) is 7.13. The average molecular weight is 415 g/mol. The van der Waals surface area contributed by atoms with E-state index in [1.54, 1.807) is 31.5 Å². The highest BCUT2D eigenvalue weighted by Gasteiger charge is 2.65. The highest BCUT2D eigenvalue weighted by Crippen LogP contribution is 2.46. The Morgan fingerprint density at radius 2 is 1.97 bits per heavy atom. The molecular formula is C20H19ClN4O4. The molecule has 0 radical (unpaired) electrons. The molecule has 1 aromatic heterocycles. The van der Waals surface area contributed by atoms with Crippen LogP contribution in [0.15, 0.2) is 24.4 Å². The van der Waals surface area contributed by atoms with E-state index in [-0.39, 0.29) is 6.54 Å². The number of likely N-dealkylation sites (N-methyl/N-ethyl adjacent to an activating group) is 1. The molecule has 4 amide bonds. The number of carbonyl (C=O) groups excluding carboxylic acids is 3. The van der Waals surface area contributed by atoms with Gasteiger partial charge in [0.05, 0.1) is 19.3 Å². The standard InChI is InChI=1S/C20H19ClN4O4/c1-10-8-22-15(11(2)16(10)29-4)9-25-18(27)20(24(3)19(25)28)13-7-12(21)5-6-14(13)23-17(20)26/h5-8H,9H2,1-4H3,(H,23,26). The van der Waals surface area contributed by atoms with Gasteiger partial charge in [-0.05, 0) is 32.0 Å². The van der Waals surface area contributed by atoms with Crippen LogP contribution in [0.2, 0.25) is 5.02 Å². The van der Waals surface area contributed by atoms with Crippen LogP contribution in [0.4, 0.5) is 10.5 Å². The Hall–Kier alpha value is -3.13. The van der Waals surface area contributed by atoms with E-state index in [2.05, 4.69) is 10.3 Å². The smallest absolute Gasteiger partial charge is 0.328 e. The maximum atomic E-state index is 13.5. The first-order chi connectivity index (χ1) is 13.7. The van der Waals surface area contributed by atoms with Gasteiger partial charge in [0.25, 0.3) is 11.8 Å². The van der Waals surface area contributed by atoms with Gasteiger partial charge in [0.15, 0.2) is 0 Å². The fraction of sp³-hybridized carbons (Fsp3) is 0.300. The Labute approximate surface area is 172 Å². The van der Waals surface area contributed by atoms with Crippen LogP contribution in [0, 0.1) is 13.8 Å². The zero-order chi connectivity index (χ0) is 21.1. The number of hydrogen-bond acceptors (Lipinski definition) is 5. The number of pyridine rings is 1. The van der Waals surface area contributed by atoms with E-state index < -0.39 is 23.4 Å². The fourth-order valence-electron chi connectivity index (χ4n) is 4.08. The number of fused-ring (bicyclic) bond motifs is 2. The third kappa shape index (κ3) is 2.45. The molecule has 1 saturated heterocycles. The molecule has 1 atom stereocenters. The van der Waals surface area contributed by atoms with Crippen molar-refractivity contribution in [2.24, 2.45) is 0 Å². The predicted molar refractivity (Wildman–Crippen MR) is 106 cm³/mol. The molecule has 8 nitrogen and oxygen atoms in total. The second-order valence-corrected chi connectivity index (χ2v) is 7.57. The van der Waals surface area contributed by atoms with Crippen LogP contribution in [0.3, 0.4) is 0 Å². The normalized spacial score (nSPS) is 20.5. The number of methoxy groups -OCH3 is 1. The summed E-state index contributed by atoms with van der Waals surface area (Å²) in [7, 11) is 2.99. The first kappa shape index (κ1) is 19.2. The number of ether oxygens (including phenoxy) is 1. The summed E-state index contributed by atoms with van der Waals surface area (Å²) in [5.74, 6) is -0.568. The minimum absolute atomic E-state index is 0.0740. The van der Waals surface area contributed by atoms with E-state index in [1.807, 2.05) is 13.8 Å². The summed E-state index contributed by atoms with van der Waals surface area (Å²) in [6.07, 6.45) is 1.63. The van der Waals surface area contributed by atoms with E-state index in [0.717, 1.165) is 20.9 Å². The molecule has 2 aromatic rings. The highest BCUT2D eigenvalue weighted by molar-refractivity contribution is 6.32. The third-order valence-corrected chi connectivity index (χ3v) is 5.82. The van der Waals surface area contributed by atoms with Crippen molar-refractivity contribution in [1.29, 1.82) is 0 Å². The number of benzene rings is 1. The van der Waals surface area contributed by atoms with E-state index in [1.165, 1.54) is 7.05 Å². The molecule has 1 N–H and O–H groups in total. The number of imide groups is 1. The number of nitrogens with zero attached hydrogens (tertiary/aromatic N) is 3. The second kappa shape index (κ2) is 6.45. The van der Waals surface area contributed by atoms with Crippen LogP contribution in [0.25, 0.3) is 0 Å². The van der Waals surface area contributed by atoms with Crippen molar-refractivity contribution < 1.29 is 19.1 Å². The molecule has 9 heteroatoms. The number of nitrogens with one attached hydrogen (secondary N) is 1. The Kier molecular flexibility index (Phi) is 4.27. The Balaban J connectivity index is 1.79. The molecule has 1 aromatic carbocycles. The van der Waals surface area contributed by atoms with Crippen molar-refractivity contribution in [3.8, 4) is 5.75 Å². The third-order valence-electron chi connectivity index (χ3n) is 5.58. The summed E-state index contributed by atoms with van der Waals surface area (Å²) >= 11 is 6.11. The quantitative estimate of drug-likeness (QED) is 0.615. The lowest BCUT2D eigenvalue weighted by atomic mass is 9.90. The Morgan fingerprint density at radius 1 is 1.24 bits per heavy atom. The molecule has 29 heavy (non-hydrogen) atoms. The van der Waals surface area contributed by atoms with E-state index in [4.69, 9.17) is 16.3 Å². The number of aryl methyl sites for hydroxylation is 1. The summed E-state index contributed by atoms with van der Waals surface area (Å²) in [4.78, 5) is 46.0. The van der Waals surface area contributed by atoms with Gasteiger partial charge in [-0.2, -0.15) is 0 Å². The van der Waals surface area contributed by atoms with Gasteiger partial charge in [-0.3, -0.25) is 19.5 Å². The first-order valence-corrected chi connectivity index (χ1v) is 9.31. The van der Waals surface area contributed by atoms with Crippen molar-refractivity contribution in [3.05, 3.63) is 51.8 Å². The van der Waals surface area contributed by atoms with Crippen molar-refractivity contribution in [1.82, 2.24) is 14.8 Å². The maximum absolute atomic E-state index is 13.5. The number of urea groups is 1. The van der Waals surface area contributed by atoms with Gasteiger partial charge in [-0.1, -0.05) is 11.6 Å². The fourth-order valence-corrected chi connectivity index (χ4v) is 4.25. The van der Waals surface area contributed by atoms with Crippen LogP contribution in [0.1, 0.15) is 22.4 Å². The number of carbonyl (C=O) groups is 3. The van der Waals surface area contributed by atoms with E-state index >= 15 is 0 Å². The van der Waals surface area contributed by atoms with Gasteiger partial charge in [0, 0.05) is 40.6 Å². The number of hydrogen-bond donors (Lipinski definition) is 1. The number of halogens is 1. The van der Waals surface area contributed by atoms with Crippen LogP contribution in [-0.4, -0.2) is 46.8 Å². The van der Waals surface area contributed by atoms with Crippen molar-refractivity contribution in [2.45, 2.75) is 25.9 Å². The number of anilines is 1. The summed E-state index contributed by atoms with van der Waals surface area (Å²) < 4.78 is 5.41. The largest absolute Gasteiger partial charge is 0.496 e. The van der Waals surface area contributed by atoms with Crippen molar-refractivity contribution >= 4 is 35.1 Å². The van der Waals surface area contributed by atoms with E-state index in [9.17, 15) is 14.4 Å². The molecule has 1 fully saturated rings. The number of amides is 4. The van der Waals surface area contributed by atoms with Crippen molar-refractivity contribution in [3.63, 3.8) is 0 Å². The van der Waals surface area contributed by atoms with Gasteiger partial charge in [0.2, 0.25) is 5.54 Å². The lowest BCUT2D eigenvalue weighted by molar-refractivity contribution is -0.140. The van der Waals surface area contributed by atoms with Crippen LogP contribution in [-0.2, 0) is 21.7 Å². The summed E-state index contributed by atoms with van der Waals surface area (Å²) in [5.41, 5.74) is 1.14. The number of aromatic nitrogens is 1. The summed E-state index contributed by atoms with van der Waals surface area (Å²) in [5, 5.41) is 3.05. The first-order valence-electron chi connectivity index (χ1n) is 8.93. The topological polar surface area (TPSA) is 91.8 Å². The molecule has 2 aliphatic rings.